The van der Waals surface area contributed by atoms with Crippen LogP contribution in [0.1, 0.15) is 18.1 Å². The minimum absolute atomic E-state index is 0.0423. The summed E-state index contributed by atoms with van der Waals surface area (Å²) in [6, 6.07) is 18.6. The molecule has 0 heterocycles. The molecule has 10 heteroatoms. The zero-order valence-corrected chi connectivity index (χ0v) is 21.4. The van der Waals surface area contributed by atoms with Gasteiger partial charge in [0.25, 0.3) is 0 Å². The first-order valence-electron chi connectivity index (χ1n) is 11.7. The molecule has 0 aromatic heterocycles. The summed E-state index contributed by atoms with van der Waals surface area (Å²) in [6.07, 6.45) is 1.02. The second-order valence-corrected chi connectivity index (χ2v) is 10.4. The van der Waals surface area contributed by atoms with Crippen molar-refractivity contribution in [1.82, 2.24) is 10.2 Å². The summed E-state index contributed by atoms with van der Waals surface area (Å²) in [5, 5.41) is 2.72. The van der Waals surface area contributed by atoms with Crippen LogP contribution in [0.15, 0.2) is 78.9 Å². The van der Waals surface area contributed by atoms with Gasteiger partial charge in [0, 0.05) is 25.1 Å². The first kappa shape index (κ1) is 27.8. The van der Waals surface area contributed by atoms with E-state index >= 15 is 0 Å². The third kappa shape index (κ3) is 7.60. The molecule has 1 atom stereocenters. The number of sulfonamides is 1. The van der Waals surface area contributed by atoms with Gasteiger partial charge in [0.05, 0.1) is 11.9 Å². The van der Waals surface area contributed by atoms with Crippen molar-refractivity contribution >= 4 is 27.5 Å². The van der Waals surface area contributed by atoms with E-state index in [1.165, 1.54) is 35.2 Å². The Labute approximate surface area is 215 Å². The second-order valence-electron chi connectivity index (χ2n) is 8.46. The fourth-order valence-corrected chi connectivity index (χ4v) is 4.74. The number of halogens is 2. The maximum absolute atomic E-state index is 14.6. The highest BCUT2D eigenvalue weighted by molar-refractivity contribution is 7.92. The number of likely N-dealkylation sites (N-methyl/N-ethyl adjacent to an activating group) is 1. The lowest BCUT2D eigenvalue weighted by molar-refractivity contribution is -0.140. The van der Waals surface area contributed by atoms with Crippen LogP contribution in [-0.4, -0.2) is 50.5 Å². The summed E-state index contributed by atoms with van der Waals surface area (Å²) < 4.78 is 54.5. The molecule has 0 saturated carbocycles. The summed E-state index contributed by atoms with van der Waals surface area (Å²) in [6.45, 7) is 1.04. The lowest BCUT2D eigenvalue weighted by Crippen LogP contribution is -2.53. The molecule has 0 aliphatic carbocycles. The van der Waals surface area contributed by atoms with Gasteiger partial charge in [-0.3, -0.25) is 13.9 Å². The average Bonchev–Trinajstić information content (AvgIpc) is 2.85. The van der Waals surface area contributed by atoms with Gasteiger partial charge in [0.1, 0.15) is 24.2 Å². The summed E-state index contributed by atoms with van der Waals surface area (Å²) in [4.78, 5) is 28.1. The van der Waals surface area contributed by atoms with Gasteiger partial charge in [-0.1, -0.05) is 54.6 Å². The van der Waals surface area contributed by atoms with E-state index in [1.807, 2.05) is 6.07 Å². The number of benzene rings is 3. The molecule has 196 valence electrons. The van der Waals surface area contributed by atoms with E-state index < -0.39 is 46.1 Å². The molecule has 0 aliphatic heterocycles. The van der Waals surface area contributed by atoms with E-state index in [-0.39, 0.29) is 24.2 Å². The van der Waals surface area contributed by atoms with Crippen LogP contribution < -0.4 is 9.62 Å². The third-order valence-electron chi connectivity index (χ3n) is 5.70. The summed E-state index contributed by atoms with van der Waals surface area (Å²) in [7, 11) is -4.01. The van der Waals surface area contributed by atoms with Crippen molar-refractivity contribution in [3.63, 3.8) is 0 Å². The number of hydrogen-bond acceptors (Lipinski definition) is 4. The van der Waals surface area contributed by atoms with Crippen LogP contribution in [0.25, 0.3) is 0 Å². The minimum atomic E-state index is -4.01. The zero-order valence-electron chi connectivity index (χ0n) is 20.6. The van der Waals surface area contributed by atoms with Gasteiger partial charge in [-0.2, -0.15) is 0 Å². The van der Waals surface area contributed by atoms with Crippen LogP contribution in [0, 0.1) is 11.6 Å². The van der Waals surface area contributed by atoms with E-state index in [0.29, 0.717) is 6.54 Å². The number of hydrogen-bond donors (Lipinski definition) is 1. The minimum Gasteiger partial charge on any atom is -0.355 e. The molecule has 2 amide bonds. The Morgan fingerprint density at radius 2 is 1.62 bits per heavy atom. The molecule has 3 aromatic rings. The average molecular weight is 530 g/mol. The third-order valence-corrected chi connectivity index (χ3v) is 6.84. The smallest absolute Gasteiger partial charge is 0.244 e. The number of nitrogens with zero attached hydrogens (tertiary/aromatic N) is 2. The van der Waals surface area contributed by atoms with Gasteiger partial charge in [0.15, 0.2) is 0 Å². The maximum atomic E-state index is 14.6. The monoisotopic (exact) mass is 529 g/mol. The van der Waals surface area contributed by atoms with Crippen molar-refractivity contribution in [3.05, 3.63) is 102 Å². The fraction of sp³-hybridized carbons (Fsp3) is 0.259. The van der Waals surface area contributed by atoms with Crippen LogP contribution >= 0.6 is 0 Å². The first-order valence-corrected chi connectivity index (χ1v) is 13.5. The van der Waals surface area contributed by atoms with Gasteiger partial charge in [-0.25, -0.2) is 17.2 Å². The van der Waals surface area contributed by atoms with E-state index in [2.05, 4.69) is 5.32 Å². The molecule has 0 spiro atoms. The molecule has 0 fully saturated rings. The zero-order chi connectivity index (χ0) is 27.0. The number of rotatable bonds is 11. The van der Waals surface area contributed by atoms with Gasteiger partial charge in [0.2, 0.25) is 21.8 Å². The van der Waals surface area contributed by atoms with Crippen molar-refractivity contribution in [1.29, 1.82) is 0 Å². The van der Waals surface area contributed by atoms with Gasteiger partial charge < -0.3 is 10.2 Å². The van der Waals surface area contributed by atoms with Crippen LogP contribution in [0.4, 0.5) is 14.5 Å². The number of amides is 2. The Morgan fingerprint density at radius 3 is 2.24 bits per heavy atom. The Balaban J connectivity index is 2.05. The van der Waals surface area contributed by atoms with Crippen molar-refractivity contribution in [2.45, 2.75) is 25.9 Å². The Bertz CT molecular complexity index is 1340. The molecule has 1 N–H and O–H groups in total. The van der Waals surface area contributed by atoms with Crippen LogP contribution in [0.2, 0.25) is 0 Å². The van der Waals surface area contributed by atoms with Crippen LogP contribution in [-0.2, 0) is 32.6 Å². The van der Waals surface area contributed by atoms with Crippen molar-refractivity contribution < 1.29 is 26.8 Å². The van der Waals surface area contributed by atoms with Crippen LogP contribution in [0.3, 0.4) is 0 Å². The van der Waals surface area contributed by atoms with Gasteiger partial charge in [-0.05, 0) is 36.8 Å². The lowest BCUT2D eigenvalue weighted by Gasteiger charge is -2.33. The Morgan fingerprint density at radius 1 is 0.946 bits per heavy atom. The number of carbonyl (C=O) groups is 2. The van der Waals surface area contributed by atoms with Gasteiger partial charge in [-0.15, -0.1) is 0 Å². The molecular weight excluding hydrogens is 500 g/mol. The molecule has 0 unspecified atom stereocenters. The Hall–Kier alpha value is -3.79. The standard InChI is InChI=1S/C27H29F2N3O4S/c1-3-30-27(34)25(16-20-10-5-4-6-11-20)31(18-21-12-7-8-15-24(21)29)26(33)19-32(37(2,35)36)23-14-9-13-22(28)17-23/h4-15,17,25H,3,16,18-19H2,1-2H3,(H,30,34)/t25-/m1/s1. The molecule has 7 nitrogen and oxygen atoms in total. The summed E-state index contributed by atoms with van der Waals surface area (Å²) in [5.41, 5.74) is 0.879. The second kappa shape index (κ2) is 12.4. The molecular formula is C27H29F2N3O4S. The molecule has 0 saturated heterocycles. The SMILES string of the molecule is CCNC(=O)[C@@H](Cc1ccccc1)N(Cc1ccccc1F)C(=O)CN(c1cccc(F)c1)S(C)(=O)=O. The molecule has 0 aliphatic rings. The highest BCUT2D eigenvalue weighted by Crippen LogP contribution is 2.21. The molecule has 3 aromatic carbocycles. The lowest BCUT2D eigenvalue weighted by atomic mass is 10.0. The normalized spacial score (nSPS) is 12.0. The van der Waals surface area contributed by atoms with Crippen molar-refractivity contribution in [3.8, 4) is 0 Å². The maximum Gasteiger partial charge on any atom is 0.244 e. The predicted molar refractivity (Wildman–Crippen MR) is 138 cm³/mol. The highest BCUT2D eigenvalue weighted by Gasteiger charge is 2.33. The number of anilines is 1. The highest BCUT2D eigenvalue weighted by atomic mass is 32.2. The molecule has 37 heavy (non-hydrogen) atoms. The van der Waals surface area contributed by atoms with Crippen molar-refractivity contribution in [2.24, 2.45) is 0 Å². The first-order chi connectivity index (χ1) is 17.6. The van der Waals surface area contributed by atoms with Crippen molar-refractivity contribution in [2.75, 3.05) is 23.7 Å². The van der Waals surface area contributed by atoms with E-state index in [9.17, 15) is 26.8 Å². The predicted octanol–water partition coefficient (Wildman–Crippen LogP) is 3.51. The fourth-order valence-electron chi connectivity index (χ4n) is 3.90. The summed E-state index contributed by atoms with van der Waals surface area (Å²) in [5.74, 6) is -2.45. The molecule has 3 rings (SSSR count). The summed E-state index contributed by atoms with van der Waals surface area (Å²) >= 11 is 0. The van der Waals surface area contributed by atoms with E-state index in [4.69, 9.17) is 0 Å². The van der Waals surface area contributed by atoms with E-state index in [1.54, 1.807) is 37.3 Å². The van der Waals surface area contributed by atoms with Crippen LogP contribution in [0.5, 0.6) is 0 Å². The number of carbonyl (C=O) groups excluding carboxylic acids is 2. The molecule has 0 bridgehead atoms. The largest absolute Gasteiger partial charge is 0.355 e. The molecule has 0 radical (unpaired) electrons. The van der Waals surface area contributed by atoms with E-state index in [0.717, 1.165) is 28.3 Å². The number of nitrogens with one attached hydrogen (secondary N) is 1. The Kier molecular flexibility index (Phi) is 9.35. The topological polar surface area (TPSA) is 86.8 Å². The quantitative estimate of drug-likeness (QED) is 0.412. The van der Waals surface area contributed by atoms with Gasteiger partial charge >= 0.3 is 0 Å².